The van der Waals surface area contributed by atoms with Crippen molar-refractivity contribution in [2.45, 2.75) is 13.5 Å². The Bertz CT molecular complexity index is 543. The van der Waals surface area contributed by atoms with Crippen LogP contribution in [-0.2, 0) is 6.54 Å². The first kappa shape index (κ1) is 12.7. The van der Waals surface area contributed by atoms with Gasteiger partial charge in [0.2, 0.25) is 0 Å². The fourth-order valence-electron chi connectivity index (χ4n) is 1.76. The summed E-state index contributed by atoms with van der Waals surface area (Å²) in [6, 6.07) is 7.59. The van der Waals surface area contributed by atoms with Crippen molar-refractivity contribution in [3.05, 3.63) is 52.8 Å². The lowest BCUT2D eigenvalue weighted by Crippen LogP contribution is -2.03. The zero-order valence-electron chi connectivity index (χ0n) is 10.4. The third kappa shape index (κ3) is 2.74. The van der Waals surface area contributed by atoms with Crippen LogP contribution in [0.1, 0.15) is 11.1 Å². The number of nitrogens with zero attached hydrogens (tertiary/aromatic N) is 1. The summed E-state index contributed by atoms with van der Waals surface area (Å²) in [5, 5.41) is 4.04. The Morgan fingerprint density at radius 1 is 1.33 bits per heavy atom. The van der Waals surface area contributed by atoms with Crippen LogP contribution in [0.15, 0.2) is 36.7 Å². The lowest BCUT2D eigenvalue weighted by molar-refractivity contribution is 0.410. The smallest absolute Gasteiger partial charge is 0.125 e. The maximum atomic E-state index is 6.18. The van der Waals surface area contributed by atoms with Crippen molar-refractivity contribution >= 4 is 17.3 Å². The highest BCUT2D eigenvalue weighted by Crippen LogP contribution is 2.27. The summed E-state index contributed by atoms with van der Waals surface area (Å²) in [6.45, 7) is 2.63. The standard InChI is InChI=1S/C14H15ClN2O/c1-10-8-16-7-6-13(10)17-9-11-12(15)4-3-5-14(11)18-2/h3-8H,9H2,1-2H3,(H,16,17). The number of anilines is 1. The first-order valence-electron chi connectivity index (χ1n) is 5.68. The van der Waals surface area contributed by atoms with Gasteiger partial charge in [-0.2, -0.15) is 0 Å². The molecule has 1 aromatic carbocycles. The molecule has 0 amide bonds. The number of hydrogen-bond acceptors (Lipinski definition) is 3. The van der Waals surface area contributed by atoms with Crippen molar-refractivity contribution < 1.29 is 4.74 Å². The zero-order chi connectivity index (χ0) is 13.0. The van der Waals surface area contributed by atoms with E-state index in [1.54, 1.807) is 13.3 Å². The van der Waals surface area contributed by atoms with E-state index < -0.39 is 0 Å². The molecule has 1 N–H and O–H groups in total. The Balaban J connectivity index is 2.18. The summed E-state index contributed by atoms with van der Waals surface area (Å²) in [7, 11) is 1.65. The van der Waals surface area contributed by atoms with E-state index in [4.69, 9.17) is 16.3 Å². The van der Waals surface area contributed by atoms with Crippen molar-refractivity contribution in [2.75, 3.05) is 12.4 Å². The van der Waals surface area contributed by atoms with Crippen molar-refractivity contribution in [1.82, 2.24) is 4.98 Å². The SMILES string of the molecule is COc1cccc(Cl)c1CNc1ccncc1C. The molecule has 0 saturated carbocycles. The van der Waals surface area contributed by atoms with E-state index in [1.807, 2.05) is 37.4 Å². The van der Waals surface area contributed by atoms with Gasteiger partial charge in [-0.3, -0.25) is 4.98 Å². The van der Waals surface area contributed by atoms with Gasteiger partial charge < -0.3 is 10.1 Å². The van der Waals surface area contributed by atoms with Gasteiger partial charge in [-0.05, 0) is 30.7 Å². The minimum absolute atomic E-state index is 0.619. The number of aryl methyl sites for hydroxylation is 1. The average Bonchev–Trinajstić information content (AvgIpc) is 2.39. The summed E-state index contributed by atoms with van der Waals surface area (Å²) in [6.07, 6.45) is 3.59. The Labute approximate surface area is 112 Å². The normalized spacial score (nSPS) is 10.2. The maximum absolute atomic E-state index is 6.18. The molecule has 0 aliphatic heterocycles. The van der Waals surface area contributed by atoms with Crippen molar-refractivity contribution in [2.24, 2.45) is 0 Å². The van der Waals surface area contributed by atoms with E-state index in [9.17, 15) is 0 Å². The van der Waals surface area contributed by atoms with Crippen LogP contribution >= 0.6 is 11.6 Å². The number of benzene rings is 1. The number of nitrogens with one attached hydrogen (secondary N) is 1. The molecule has 2 rings (SSSR count). The summed E-state index contributed by atoms with van der Waals surface area (Å²) in [5.74, 6) is 0.793. The van der Waals surface area contributed by atoms with Gasteiger partial charge >= 0.3 is 0 Å². The molecule has 0 atom stereocenters. The van der Waals surface area contributed by atoms with Gasteiger partial charge in [0.25, 0.3) is 0 Å². The summed E-state index contributed by atoms with van der Waals surface area (Å²) < 4.78 is 5.31. The average molecular weight is 263 g/mol. The molecule has 3 nitrogen and oxygen atoms in total. The molecule has 0 unspecified atom stereocenters. The van der Waals surface area contributed by atoms with E-state index in [0.717, 1.165) is 22.6 Å². The molecule has 0 saturated heterocycles. The van der Waals surface area contributed by atoms with Crippen molar-refractivity contribution in [1.29, 1.82) is 0 Å². The molecular formula is C14H15ClN2O. The number of halogens is 1. The lowest BCUT2D eigenvalue weighted by atomic mass is 10.2. The molecule has 0 bridgehead atoms. The number of methoxy groups -OCH3 is 1. The topological polar surface area (TPSA) is 34.1 Å². The first-order valence-corrected chi connectivity index (χ1v) is 6.06. The van der Waals surface area contributed by atoms with E-state index in [2.05, 4.69) is 10.3 Å². The molecule has 0 aliphatic carbocycles. The molecule has 1 aromatic heterocycles. The van der Waals surface area contributed by atoms with E-state index in [-0.39, 0.29) is 0 Å². The van der Waals surface area contributed by atoms with Crippen LogP contribution in [-0.4, -0.2) is 12.1 Å². The summed E-state index contributed by atoms with van der Waals surface area (Å²) in [5.41, 5.74) is 3.10. The van der Waals surface area contributed by atoms with Gasteiger partial charge in [-0.15, -0.1) is 0 Å². The van der Waals surface area contributed by atoms with Gasteiger partial charge in [-0.25, -0.2) is 0 Å². The third-order valence-corrected chi connectivity index (χ3v) is 3.13. The summed E-state index contributed by atoms with van der Waals surface area (Å²) in [4.78, 5) is 4.06. The second-order valence-electron chi connectivity index (χ2n) is 3.96. The quantitative estimate of drug-likeness (QED) is 0.913. The van der Waals surface area contributed by atoms with E-state index >= 15 is 0 Å². The highest BCUT2D eigenvalue weighted by Gasteiger charge is 2.07. The Morgan fingerprint density at radius 3 is 2.89 bits per heavy atom. The van der Waals surface area contributed by atoms with Gasteiger partial charge in [0.15, 0.2) is 0 Å². The molecule has 0 fully saturated rings. The molecule has 0 radical (unpaired) electrons. The van der Waals surface area contributed by atoms with Crippen LogP contribution in [0, 0.1) is 6.92 Å². The largest absolute Gasteiger partial charge is 0.496 e. The molecule has 0 spiro atoms. The molecule has 18 heavy (non-hydrogen) atoms. The maximum Gasteiger partial charge on any atom is 0.125 e. The fourth-order valence-corrected chi connectivity index (χ4v) is 1.99. The molecule has 0 aliphatic rings. The number of aromatic nitrogens is 1. The molecule has 4 heteroatoms. The van der Waals surface area contributed by atoms with Gasteiger partial charge in [0, 0.05) is 35.2 Å². The van der Waals surface area contributed by atoms with Crippen LogP contribution in [0.2, 0.25) is 5.02 Å². The number of hydrogen-bond donors (Lipinski definition) is 1. The molecule has 2 aromatic rings. The Kier molecular flexibility index (Phi) is 4.05. The van der Waals surface area contributed by atoms with Crippen molar-refractivity contribution in [3.63, 3.8) is 0 Å². The molecule has 94 valence electrons. The lowest BCUT2D eigenvalue weighted by Gasteiger charge is -2.13. The van der Waals surface area contributed by atoms with Crippen LogP contribution in [0.25, 0.3) is 0 Å². The van der Waals surface area contributed by atoms with Crippen LogP contribution in [0.3, 0.4) is 0 Å². The molecular weight excluding hydrogens is 248 g/mol. The monoisotopic (exact) mass is 262 g/mol. The van der Waals surface area contributed by atoms with Crippen LogP contribution in [0.4, 0.5) is 5.69 Å². The van der Waals surface area contributed by atoms with Gasteiger partial charge in [0.05, 0.1) is 7.11 Å². The van der Waals surface area contributed by atoms with E-state index in [1.165, 1.54) is 0 Å². The summed E-state index contributed by atoms with van der Waals surface area (Å²) >= 11 is 6.18. The predicted molar refractivity (Wildman–Crippen MR) is 74.3 cm³/mol. The minimum Gasteiger partial charge on any atom is -0.496 e. The van der Waals surface area contributed by atoms with Gasteiger partial charge in [0.1, 0.15) is 5.75 Å². The second-order valence-corrected chi connectivity index (χ2v) is 4.37. The number of rotatable bonds is 4. The van der Waals surface area contributed by atoms with Crippen molar-refractivity contribution in [3.8, 4) is 5.75 Å². The Morgan fingerprint density at radius 2 is 2.17 bits per heavy atom. The Hall–Kier alpha value is -1.74. The van der Waals surface area contributed by atoms with Crippen LogP contribution < -0.4 is 10.1 Å². The fraction of sp³-hybridized carbons (Fsp3) is 0.214. The zero-order valence-corrected chi connectivity index (χ0v) is 11.2. The highest BCUT2D eigenvalue weighted by atomic mass is 35.5. The first-order chi connectivity index (χ1) is 8.72. The highest BCUT2D eigenvalue weighted by molar-refractivity contribution is 6.31. The third-order valence-electron chi connectivity index (χ3n) is 2.77. The van der Waals surface area contributed by atoms with Crippen LogP contribution in [0.5, 0.6) is 5.75 Å². The second kappa shape index (κ2) is 5.74. The van der Waals surface area contributed by atoms with E-state index in [0.29, 0.717) is 11.6 Å². The molecule has 1 heterocycles. The number of pyridine rings is 1. The minimum atomic E-state index is 0.619. The van der Waals surface area contributed by atoms with Gasteiger partial charge in [-0.1, -0.05) is 17.7 Å². The number of ether oxygens (including phenoxy) is 1. The predicted octanol–water partition coefficient (Wildman–Crippen LogP) is 3.66.